The average Bonchev–Trinajstić information content (AvgIpc) is 2.58. The van der Waals surface area contributed by atoms with Gasteiger partial charge in [0, 0.05) is 11.3 Å². The summed E-state index contributed by atoms with van der Waals surface area (Å²) < 4.78 is 31.2. The van der Waals surface area contributed by atoms with E-state index in [2.05, 4.69) is 5.32 Å². The van der Waals surface area contributed by atoms with E-state index in [1.54, 1.807) is 18.2 Å². The van der Waals surface area contributed by atoms with Crippen LogP contribution in [0.1, 0.15) is 34.6 Å². The van der Waals surface area contributed by atoms with Crippen LogP contribution in [0.2, 0.25) is 5.02 Å². The Hall–Kier alpha value is -2.80. The Labute approximate surface area is 152 Å². The van der Waals surface area contributed by atoms with Crippen molar-refractivity contribution < 1.29 is 27.9 Å². The summed E-state index contributed by atoms with van der Waals surface area (Å²) >= 11 is 5.70. The third kappa shape index (κ3) is 4.64. The van der Waals surface area contributed by atoms with E-state index in [0.29, 0.717) is 23.4 Å². The number of rotatable bonds is 5. The Morgan fingerprint density at radius 3 is 2.42 bits per heavy atom. The van der Waals surface area contributed by atoms with Gasteiger partial charge >= 0.3 is 5.97 Å². The Bertz CT molecular complexity index is 885. The Morgan fingerprint density at radius 2 is 1.77 bits per heavy atom. The summed E-state index contributed by atoms with van der Waals surface area (Å²) in [5, 5.41) is 2.16. The van der Waals surface area contributed by atoms with Crippen LogP contribution in [0.25, 0.3) is 0 Å². The van der Waals surface area contributed by atoms with E-state index in [4.69, 9.17) is 16.3 Å². The number of ether oxygens (including phenoxy) is 1. The van der Waals surface area contributed by atoms with Crippen molar-refractivity contribution in [2.75, 3.05) is 5.32 Å². The fourth-order valence-corrected chi connectivity index (χ4v) is 2.24. The normalized spacial score (nSPS) is 11.6. The molecule has 0 aromatic heterocycles. The number of amides is 1. The molecule has 0 spiro atoms. The van der Waals surface area contributed by atoms with E-state index in [-0.39, 0.29) is 10.8 Å². The number of ketones is 1. The minimum absolute atomic E-state index is 0.173. The molecule has 0 aliphatic carbocycles. The molecule has 2 aromatic carbocycles. The van der Waals surface area contributed by atoms with Crippen molar-refractivity contribution in [3.05, 3.63) is 64.2 Å². The van der Waals surface area contributed by atoms with Crippen molar-refractivity contribution in [1.82, 2.24) is 0 Å². The van der Waals surface area contributed by atoms with Gasteiger partial charge in [0.1, 0.15) is 0 Å². The lowest BCUT2D eigenvalue weighted by Gasteiger charge is -2.14. The van der Waals surface area contributed by atoms with Gasteiger partial charge in [-0.3, -0.25) is 9.59 Å². The molecule has 0 aliphatic rings. The van der Waals surface area contributed by atoms with Crippen LogP contribution in [0, 0.1) is 11.6 Å². The van der Waals surface area contributed by atoms with Crippen molar-refractivity contribution >= 4 is 34.9 Å². The molecule has 0 radical (unpaired) electrons. The summed E-state index contributed by atoms with van der Waals surface area (Å²) in [7, 11) is 0. The molecule has 8 heteroatoms. The molecule has 0 unspecified atom stereocenters. The number of esters is 1. The largest absolute Gasteiger partial charge is 0.449 e. The molecule has 1 amide bonds. The lowest BCUT2D eigenvalue weighted by molar-refractivity contribution is -0.123. The molecule has 26 heavy (non-hydrogen) atoms. The van der Waals surface area contributed by atoms with Gasteiger partial charge in [-0.2, -0.15) is 0 Å². The van der Waals surface area contributed by atoms with E-state index < -0.39 is 35.2 Å². The Morgan fingerprint density at radius 1 is 1.12 bits per heavy atom. The van der Waals surface area contributed by atoms with Gasteiger partial charge in [0.2, 0.25) is 0 Å². The first-order valence-electron chi connectivity index (χ1n) is 7.46. The third-order valence-electron chi connectivity index (χ3n) is 3.42. The second-order valence-electron chi connectivity index (χ2n) is 5.42. The lowest BCUT2D eigenvalue weighted by atomic mass is 10.1. The van der Waals surface area contributed by atoms with Gasteiger partial charge < -0.3 is 10.1 Å². The molecule has 0 saturated carbocycles. The summed E-state index contributed by atoms with van der Waals surface area (Å²) in [6, 6.07) is 7.45. The third-order valence-corrected chi connectivity index (χ3v) is 3.73. The quantitative estimate of drug-likeness (QED) is 0.482. The minimum Gasteiger partial charge on any atom is -0.449 e. The summed E-state index contributed by atoms with van der Waals surface area (Å²) in [6.07, 6.45) is -1.24. The topological polar surface area (TPSA) is 72.5 Å². The molecule has 2 rings (SSSR count). The van der Waals surface area contributed by atoms with Crippen LogP contribution in [-0.4, -0.2) is 23.8 Å². The first-order valence-corrected chi connectivity index (χ1v) is 7.84. The van der Waals surface area contributed by atoms with E-state index in [0.717, 1.165) is 0 Å². The summed E-state index contributed by atoms with van der Waals surface area (Å²) in [6.45, 7) is 2.69. The van der Waals surface area contributed by atoms with Crippen molar-refractivity contribution in [3.63, 3.8) is 0 Å². The van der Waals surface area contributed by atoms with Crippen LogP contribution in [0.3, 0.4) is 0 Å². The summed E-state index contributed by atoms with van der Waals surface area (Å²) in [4.78, 5) is 35.5. The van der Waals surface area contributed by atoms with Crippen LogP contribution in [0.15, 0.2) is 36.4 Å². The fraction of sp³-hybridized carbons (Fsp3) is 0.167. The number of carbonyl (C=O) groups is 3. The highest BCUT2D eigenvalue weighted by molar-refractivity contribution is 6.33. The number of halogens is 3. The molecule has 0 bridgehead atoms. The number of carbonyl (C=O) groups excluding carboxylic acids is 3. The van der Waals surface area contributed by atoms with E-state index in [1.165, 1.54) is 19.9 Å². The highest BCUT2D eigenvalue weighted by atomic mass is 35.5. The standard InChI is InChI=1S/C18H14ClF2NO4/c1-9(23)11-4-3-5-12(6-11)22-17(24)10(2)26-18(25)13-7-15(20)16(21)8-14(13)19/h3-8,10H,1-2H3,(H,22,24)/t10-/m1/s1. The molecule has 0 heterocycles. The zero-order valence-corrected chi connectivity index (χ0v) is 14.6. The first-order chi connectivity index (χ1) is 12.2. The summed E-state index contributed by atoms with van der Waals surface area (Å²) in [5.74, 6) is -4.39. The highest BCUT2D eigenvalue weighted by Gasteiger charge is 2.22. The van der Waals surface area contributed by atoms with Crippen LogP contribution < -0.4 is 5.32 Å². The molecule has 0 fully saturated rings. The second kappa shape index (κ2) is 8.05. The van der Waals surface area contributed by atoms with Gasteiger partial charge in [0.15, 0.2) is 23.5 Å². The predicted molar refractivity (Wildman–Crippen MR) is 91.3 cm³/mol. The lowest BCUT2D eigenvalue weighted by Crippen LogP contribution is -2.30. The van der Waals surface area contributed by atoms with Crippen LogP contribution >= 0.6 is 11.6 Å². The van der Waals surface area contributed by atoms with Crippen molar-refractivity contribution in [2.24, 2.45) is 0 Å². The predicted octanol–water partition coefficient (Wildman–Crippen LogP) is 4.00. The SMILES string of the molecule is CC(=O)c1cccc(NC(=O)[C@@H](C)OC(=O)c2cc(F)c(F)cc2Cl)c1. The van der Waals surface area contributed by atoms with Crippen LogP contribution in [0.4, 0.5) is 14.5 Å². The van der Waals surface area contributed by atoms with Crippen molar-refractivity contribution in [3.8, 4) is 0 Å². The molecule has 0 aliphatic heterocycles. The van der Waals surface area contributed by atoms with Crippen molar-refractivity contribution in [2.45, 2.75) is 20.0 Å². The molecular weight excluding hydrogens is 368 g/mol. The summed E-state index contributed by atoms with van der Waals surface area (Å²) in [5.41, 5.74) is 0.348. The fourth-order valence-electron chi connectivity index (χ4n) is 2.02. The molecule has 5 nitrogen and oxygen atoms in total. The first kappa shape index (κ1) is 19.5. The van der Waals surface area contributed by atoms with Crippen molar-refractivity contribution in [1.29, 1.82) is 0 Å². The van der Waals surface area contributed by atoms with Gasteiger partial charge in [-0.05, 0) is 38.1 Å². The van der Waals surface area contributed by atoms with Gasteiger partial charge in [0.25, 0.3) is 5.91 Å². The number of Topliss-reactive ketones (excluding diaryl/α,β-unsaturated/α-hetero) is 1. The maximum atomic E-state index is 13.3. The van der Waals surface area contributed by atoms with Gasteiger partial charge in [-0.1, -0.05) is 23.7 Å². The monoisotopic (exact) mass is 381 g/mol. The Kier molecular flexibility index (Phi) is 6.05. The zero-order chi connectivity index (χ0) is 19.4. The number of nitrogens with one attached hydrogen (secondary N) is 1. The molecule has 2 aromatic rings. The molecule has 0 saturated heterocycles. The van der Waals surface area contributed by atoms with E-state index in [1.807, 2.05) is 0 Å². The molecule has 1 atom stereocenters. The van der Waals surface area contributed by atoms with E-state index in [9.17, 15) is 23.2 Å². The molecule has 136 valence electrons. The van der Waals surface area contributed by atoms with E-state index >= 15 is 0 Å². The average molecular weight is 382 g/mol. The minimum atomic E-state index is -1.26. The second-order valence-corrected chi connectivity index (χ2v) is 5.83. The number of anilines is 1. The van der Waals surface area contributed by atoms with Gasteiger partial charge in [-0.25, -0.2) is 13.6 Å². The maximum absolute atomic E-state index is 13.3. The molecular formula is C18H14ClF2NO4. The number of hydrogen-bond donors (Lipinski definition) is 1. The van der Waals surface area contributed by atoms with Gasteiger partial charge in [-0.15, -0.1) is 0 Å². The van der Waals surface area contributed by atoms with Crippen LogP contribution in [0.5, 0.6) is 0 Å². The maximum Gasteiger partial charge on any atom is 0.340 e. The number of hydrogen-bond acceptors (Lipinski definition) is 4. The zero-order valence-electron chi connectivity index (χ0n) is 13.8. The van der Waals surface area contributed by atoms with Gasteiger partial charge in [0.05, 0.1) is 10.6 Å². The molecule has 1 N–H and O–H groups in total. The number of benzene rings is 2. The Balaban J connectivity index is 2.07. The highest BCUT2D eigenvalue weighted by Crippen LogP contribution is 2.21. The smallest absolute Gasteiger partial charge is 0.340 e. The van der Waals surface area contributed by atoms with Crippen LogP contribution in [-0.2, 0) is 9.53 Å².